The Morgan fingerprint density at radius 3 is 2.38 bits per heavy atom. The molecule has 13 heavy (non-hydrogen) atoms. The van der Waals surface area contributed by atoms with Crippen molar-refractivity contribution in [2.24, 2.45) is 5.92 Å². The SMILES string of the molecule is CC(CO)C(=O)c1ccc(O)cc1. The molecule has 70 valence electrons. The van der Waals surface area contributed by atoms with Gasteiger partial charge in [0.05, 0.1) is 6.61 Å². The fourth-order valence-electron chi connectivity index (χ4n) is 0.993. The van der Waals surface area contributed by atoms with Crippen LogP contribution in [0.25, 0.3) is 0 Å². The molecule has 2 N–H and O–H groups in total. The van der Waals surface area contributed by atoms with Crippen molar-refractivity contribution in [2.75, 3.05) is 6.61 Å². The topological polar surface area (TPSA) is 57.5 Å². The molecule has 1 unspecified atom stereocenters. The number of benzene rings is 1. The highest BCUT2D eigenvalue weighted by molar-refractivity contribution is 5.97. The number of phenolic OH excluding ortho intramolecular Hbond substituents is 1. The van der Waals surface area contributed by atoms with Gasteiger partial charge in [0, 0.05) is 11.5 Å². The van der Waals surface area contributed by atoms with Crippen molar-refractivity contribution in [1.82, 2.24) is 0 Å². The third-order valence-electron chi connectivity index (χ3n) is 1.87. The largest absolute Gasteiger partial charge is 0.508 e. The Hall–Kier alpha value is -1.35. The molecule has 1 aromatic rings. The average molecular weight is 180 g/mol. The van der Waals surface area contributed by atoms with Crippen LogP contribution in [0.5, 0.6) is 5.75 Å². The van der Waals surface area contributed by atoms with E-state index in [9.17, 15) is 4.79 Å². The Balaban J connectivity index is 2.83. The van der Waals surface area contributed by atoms with Crippen LogP contribution in [-0.4, -0.2) is 22.6 Å². The lowest BCUT2D eigenvalue weighted by Crippen LogP contribution is -2.14. The van der Waals surface area contributed by atoms with Crippen LogP contribution in [0.2, 0.25) is 0 Å². The summed E-state index contributed by atoms with van der Waals surface area (Å²) in [5.41, 5.74) is 0.513. The van der Waals surface area contributed by atoms with E-state index in [0.29, 0.717) is 5.56 Å². The van der Waals surface area contributed by atoms with E-state index in [1.54, 1.807) is 19.1 Å². The van der Waals surface area contributed by atoms with Crippen LogP contribution in [0.15, 0.2) is 24.3 Å². The maximum atomic E-state index is 11.4. The number of rotatable bonds is 3. The maximum absolute atomic E-state index is 11.4. The monoisotopic (exact) mass is 180 g/mol. The van der Waals surface area contributed by atoms with Crippen molar-refractivity contribution in [3.05, 3.63) is 29.8 Å². The number of Topliss-reactive ketones (excluding diaryl/α,β-unsaturated/α-hetero) is 1. The van der Waals surface area contributed by atoms with Gasteiger partial charge in [-0.2, -0.15) is 0 Å². The Morgan fingerprint density at radius 2 is 1.92 bits per heavy atom. The zero-order chi connectivity index (χ0) is 9.84. The Labute approximate surface area is 76.6 Å². The van der Waals surface area contributed by atoms with Gasteiger partial charge in [0.2, 0.25) is 0 Å². The number of aromatic hydroxyl groups is 1. The van der Waals surface area contributed by atoms with E-state index in [1.807, 2.05) is 0 Å². The minimum atomic E-state index is -0.385. The molecule has 3 heteroatoms. The Bertz CT molecular complexity index is 290. The molecule has 0 fully saturated rings. The number of phenols is 1. The highest BCUT2D eigenvalue weighted by atomic mass is 16.3. The first-order valence-corrected chi connectivity index (χ1v) is 4.09. The third-order valence-corrected chi connectivity index (χ3v) is 1.87. The van der Waals surface area contributed by atoms with Gasteiger partial charge < -0.3 is 10.2 Å². The molecular formula is C10H12O3. The van der Waals surface area contributed by atoms with Gasteiger partial charge in [-0.05, 0) is 24.3 Å². The van der Waals surface area contributed by atoms with Gasteiger partial charge >= 0.3 is 0 Å². The summed E-state index contributed by atoms with van der Waals surface area (Å²) in [6.45, 7) is 1.51. The second-order valence-corrected chi connectivity index (χ2v) is 2.99. The maximum Gasteiger partial charge on any atom is 0.167 e. The van der Waals surface area contributed by atoms with Crippen molar-refractivity contribution in [3.8, 4) is 5.75 Å². The van der Waals surface area contributed by atoms with Crippen molar-refractivity contribution in [2.45, 2.75) is 6.92 Å². The van der Waals surface area contributed by atoms with Gasteiger partial charge in [-0.3, -0.25) is 4.79 Å². The summed E-state index contributed by atoms with van der Waals surface area (Å²) in [6.07, 6.45) is 0. The van der Waals surface area contributed by atoms with E-state index in [-0.39, 0.29) is 24.1 Å². The van der Waals surface area contributed by atoms with Gasteiger partial charge in [0.15, 0.2) is 5.78 Å². The van der Waals surface area contributed by atoms with Crippen molar-refractivity contribution < 1.29 is 15.0 Å². The van der Waals surface area contributed by atoms with Gasteiger partial charge in [0.25, 0.3) is 0 Å². The van der Waals surface area contributed by atoms with E-state index in [2.05, 4.69) is 0 Å². The predicted octanol–water partition coefficient (Wildman–Crippen LogP) is 1.20. The van der Waals surface area contributed by atoms with Gasteiger partial charge in [-0.15, -0.1) is 0 Å². The number of aliphatic hydroxyl groups is 1. The minimum absolute atomic E-state index is 0.109. The number of carbonyl (C=O) groups excluding carboxylic acids is 1. The van der Waals surface area contributed by atoms with Gasteiger partial charge in [-0.1, -0.05) is 6.92 Å². The summed E-state index contributed by atoms with van der Waals surface area (Å²) in [5.74, 6) is -0.361. The highest BCUT2D eigenvalue weighted by Gasteiger charge is 2.13. The van der Waals surface area contributed by atoms with E-state index in [4.69, 9.17) is 10.2 Å². The number of aliphatic hydroxyl groups excluding tert-OH is 1. The van der Waals surface area contributed by atoms with Crippen LogP contribution < -0.4 is 0 Å². The zero-order valence-corrected chi connectivity index (χ0v) is 7.40. The van der Waals surface area contributed by atoms with E-state index in [1.165, 1.54) is 12.1 Å². The highest BCUT2D eigenvalue weighted by Crippen LogP contribution is 2.13. The standard InChI is InChI=1S/C10H12O3/c1-7(6-11)10(13)8-2-4-9(12)5-3-8/h2-5,7,11-12H,6H2,1H3. The van der Waals surface area contributed by atoms with Crippen LogP contribution in [0.1, 0.15) is 17.3 Å². The molecule has 0 radical (unpaired) electrons. The van der Waals surface area contributed by atoms with Gasteiger partial charge in [-0.25, -0.2) is 0 Å². The molecule has 0 aliphatic rings. The first-order valence-electron chi connectivity index (χ1n) is 4.09. The molecule has 0 heterocycles. The lowest BCUT2D eigenvalue weighted by molar-refractivity contribution is 0.0877. The van der Waals surface area contributed by atoms with E-state index < -0.39 is 0 Å². The van der Waals surface area contributed by atoms with Crippen LogP contribution in [0.3, 0.4) is 0 Å². The molecule has 0 aliphatic heterocycles. The van der Waals surface area contributed by atoms with E-state index in [0.717, 1.165) is 0 Å². The molecule has 1 atom stereocenters. The first-order chi connectivity index (χ1) is 6.15. The second kappa shape index (κ2) is 4.05. The van der Waals surface area contributed by atoms with Crippen molar-refractivity contribution in [3.63, 3.8) is 0 Å². The molecule has 0 aliphatic carbocycles. The Kier molecular flexibility index (Phi) is 3.03. The zero-order valence-electron chi connectivity index (χ0n) is 7.40. The molecule has 0 saturated heterocycles. The molecule has 1 aromatic carbocycles. The van der Waals surface area contributed by atoms with Crippen LogP contribution in [0.4, 0.5) is 0 Å². The molecule has 0 spiro atoms. The summed E-state index contributed by atoms with van der Waals surface area (Å²) >= 11 is 0. The number of hydrogen-bond donors (Lipinski definition) is 2. The number of ketones is 1. The molecule has 1 rings (SSSR count). The summed E-state index contributed by atoms with van der Waals surface area (Å²) < 4.78 is 0. The van der Waals surface area contributed by atoms with Crippen molar-refractivity contribution in [1.29, 1.82) is 0 Å². The number of carbonyl (C=O) groups is 1. The van der Waals surface area contributed by atoms with Gasteiger partial charge in [0.1, 0.15) is 5.75 Å². The molecule has 0 bridgehead atoms. The van der Waals surface area contributed by atoms with E-state index >= 15 is 0 Å². The summed E-state index contributed by atoms with van der Waals surface area (Å²) in [7, 11) is 0. The number of hydrogen-bond acceptors (Lipinski definition) is 3. The lowest BCUT2D eigenvalue weighted by Gasteiger charge is -2.06. The smallest absolute Gasteiger partial charge is 0.167 e. The van der Waals surface area contributed by atoms with Crippen molar-refractivity contribution >= 4 is 5.78 Å². The fraction of sp³-hybridized carbons (Fsp3) is 0.300. The lowest BCUT2D eigenvalue weighted by atomic mass is 10.0. The fourth-order valence-corrected chi connectivity index (χ4v) is 0.993. The molecular weight excluding hydrogens is 168 g/mol. The molecule has 0 saturated carbocycles. The predicted molar refractivity (Wildman–Crippen MR) is 48.7 cm³/mol. The summed E-state index contributed by atoms with van der Waals surface area (Å²) in [6, 6.07) is 6.00. The van der Waals surface area contributed by atoms with Crippen LogP contribution >= 0.6 is 0 Å². The Morgan fingerprint density at radius 1 is 1.38 bits per heavy atom. The molecule has 3 nitrogen and oxygen atoms in total. The summed E-state index contributed by atoms with van der Waals surface area (Å²) in [4.78, 5) is 11.4. The first kappa shape index (κ1) is 9.74. The molecule has 0 aromatic heterocycles. The third kappa shape index (κ3) is 2.29. The normalized spacial score (nSPS) is 12.5. The summed E-state index contributed by atoms with van der Waals surface area (Å²) in [5, 5.41) is 17.7. The quantitative estimate of drug-likeness (QED) is 0.687. The van der Waals surface area contributed by atoms with Crippen LogP contribution in [-0.2, 0) is 0 Å². The second-order valence-electron chi connectivity index (χ2n) is 2.99. The van der Waals surface area contributed by atoms with Crippen LogP contribution in [0, 0.1) is 5.92 Å². The molecule has 0 amide bonds. The average Bonchev–Trinajstić information content (AvgIpc) is 2.17. The minimum Gasteiger partial charge on any atom is -0.508 e.